The Balaban J connectivity index is 2.48. The van der Waals surface area contributed by atoms with Gasteiger partial charge in [0, 0.05) is 25.4 Å². The summed E-state index contributed by atoms with van der Waals surface area (Å²) in [4.78, 5) is 31.8. The fraction of sp³-hybridized carbons (Fsp3) is 0.364. The number of likely N-dealkylation sites (N-methyl/N-ethyl adjacent to an activating group) is 1. The molecule has 0 bridgehead atoms. The standard InChI is InChI=1S/C11H13N5O4S/c1-5-6(4-7(17)15(2)3)8(21)16-9(12-5)13-10(14-16)20-11(18)19/h21H,4H2,1-3H3,(H,18,19). The van der Waals surface area contributed by atoms with Crippen LogP contribution >= 0.6 is 12.6 Å². The Kier molecular flexibility index (Phi) is 3.98. The maximum Gasteiger partial charge on any atom is 0.513 e. The fourth-order valence-electron chi connectivity index (χ4n) is 1.64. The number of hydrogen-bond donors (Lipinski definition) is 2. The second kappa shape index (κ2) is 5.56. The smallest absolute Gasteiger partial charge is 0.449 e. The Hall–Kier alpha value is -2.36. The number of carbonyl (C=O) groups is 2. The Labute approximate surface area is 125 Å². The number of nitrogens with zero attached hydrogens (tertiary/aromatic N) is 5. The van der Waals surface area contributed by atoms with Gasteiger partial charge in [-0.25, -0.2) is 9.78 Å². The van der Waals surface area contributed by atoms with Crippen LogP contribution in [0.3, 0.4) is 0 Å². The monoisotopic (exact) mass is 311 g/mol. The van der Waals surface area contributed by atoms with E-state index in [1.165, 1.54) is 9.42 Å². The average molecular weight is 311 g/mol. The number of fused-ring (bicyclic) bond motifs is 1. The summed E-state index contributed by atoms with van der Waals surface area (Å²) < 4.78 is 5.61. The van der Waals surface area contributed by atoms with Crippen molar-refractivity contribution >= 4 is 30.5 Å². The molecule has 0 aliphatic carbocycles. The number of hydrogen-bond acceptors (Lipinski definition) is 7. The average Bonchev–Trinajstić information content (AvgIpc) is 2.75. The van der Waals surface area contributed by atoms with Crippen molar-refractivity contribution in [3.05, 3.63) is 11.3 Å². The molecule has 1 N–H and O–H groups in total. The highest BCUT2D eigenvalue weighted by Crippen LogP contribution is 2.20. The van der Waals surface area contributed by atoms with E-state index in [2.05, 4.69) is 32.4 Å². The van der Waals surface area contributed by atoms with Crippen LogP contribution in [0.2, 0.25) is 0 Å². The van der Waals surface area contributed by atoms with Crippen molar-refractivity contribution in [2.75, 3.05) is 14.1 Å². The van der Waals surface area contributed by atoms with Gasteiger partial charge in [-0.1, -0.05) is 0 Å². The van der Waals surface area contributed by atoms with Crippen molar-refractivity contribution in [3.8, 4) is 6.01 Å². The summed E-state index contributed by atoms with van der Waals surface area (Å²) in [6.07, 6.45) is -1.42. The lowest BCUT2D eigenvalue weighted by molar-refractivity contribution is -0.128. The van der Waals surface area contributed by atoms with E-state index >= 15 is 0 Å². The van der Waals surface area contributed by atoms with Crippen LogP contribution in [0.25, 0.3) is 5.78 Å². The Morgan fingerprint density at radius 3 is 2.62 bits per heavy atom. The van der Waals surface area contributed by atoms with Gasteiger partial charge in [-0.05, 0) is 6.92 Å². The second-order valence-corrected chi connectivity index (χ2v) is 4.86. The zero-order valence-electron chi connectivity index (χ0n) is 11.6. The topological polar surface area (TPSA) is 110 Å². The lowest BCUT2D eigenvalue weighted by Gasteiger charge is -2.13. The number of carboxylic acid groups (broad SMARTS) is 1. The molecule has 2 rings (SSSR count). The first-order valence-corrected chi connectivity index (χ1v) is 6.30. The van der Waals surface area contributed by atoms with E-state index in [4.69, 9.17) is 5.11 Å². The molecule has 0 aromatic carbocycles. The van der Waals surface area contributed by atoms with Gasteiger partial charge in [0.25, 0.3) is 5.78 Å². The minimum Gasteiger partial charge on any atom is -0.449 e. The van der Waals surface area contributed by atoms with Crippen LogP contribution < -0.4 is 4.74 Å². The van der Waals surface area contributed by atoms with E-state index in [9.17, 15) is 9.59 Å². The SMILES string of the molecule is Cc1nc2nc(OC(=O)O)nn2c(S)c1CC(=O)N(C)C. The summed E-state index contributed by atoms with van der Waals surface area (Å²) in [6.45, 7) is 1.71. The number of thiol groups is 1. The molecule has 10 heteroatoms. The maximum absolute atomic E-state index is 11.8. The van der Waals surface area contributed by atoms with Gasteiger partial charge in [0.15, 0.2) is 0 Å². The van der Waals surface area contributed by atoms with Crippen molar-refractivity contribution in [3.63, 3.8) is 0 Å². The minimum absolute atomic E-state index is 0.107. The van der Waals surface area contributed by atoms with Crippen molar-refractivity contribution in [2.24, 2.45) is 0 Å². The van der Waals surface area contributed by atoms with Crippen molar-refractivity contribution < 1.29 is 19.4 Å². The molecule has 0 saturated carbocycles. The number of aromatic nitrogens is 4. The van der Waals surface area contributed by atoms with Crippen LogP contribution in [0.1, 0.15) is 11.3 Å². The molecule has 0 aliphatic rings. The molecule has 1 amide bonds. The first-order valence-electron chi connectivity index (χ1n) is 5.85. The van der Waals surface area contributed by atoms with E-state index in [1.807, 2.05) is 0 Å². The predicted octanol–water partition coefficient (Wildman–Crippen LogP) is 0.409. The van der Waals surface area contributed by atoms with Crippen LogP contribution in [0.4, 0.5) is 4.79 Å². The molecule has 21 heavy (non-hydrogen) atoms. The first-order chi connectivity index (χ1) is 9.79. The molecule has 0 spiro atoms. The van der Waals surface area contributed by atoms with E-state index < -0.39 is 6.16 Å². The van der Waals surface area contributed by atoms with E-state index in [0.29, 0.717) is 16.3 Å². The number of amides is 1. The van der Waals surface area contributed by atoms with Gasteiger partial charge in [0.2, 0.25) is 5.91 Å². The lowest BCUT2D eigenvalue weighted by atomic mass is 10.1. The summed E-state index contributed by atoms with van der Waals surface area (Å²) in [5.41, 5.74) is 1.16. The first kappa shape index (κ1) is 15.0. The van der Waals surface area contributed by atoms with Crippen LogP contribution in [-0.4, -0.2) is 55.7 Å². The highest BCUT2D eigenvalue weighted by Gasteiger charge is 2.18. The van der Waals surface area contributed by atoms with E-state index in [0.717, 1.165) is 0 Å². The maximum atomic E-state index is 11.8. The van der Waals surface area contributed by atoms with Gasteiger partial charge >= 0.3 is 12.2 Å². The molecule has 0 radical (unpaired) electrons. The number of carbonyl (C=O) groups excluding carboxylic acids is 1. The fourth-order valence-corrected chi connectivity index (χ4v) is 2.02. The van der Waals surface area contributed by atoms with Gasteiger partial charge in [-0.3, -0.25) is 4.79 Å². The Morgan fingerprint density at radius 1 is 1.38 bits per heavy atom. The molecule has 9 nitrogen and oxygen atoms in total. The predicted molar refractivity (Wildman–Crippen MR) is 73.8 cm³/mol. The molecule has 2 aromatic heterocycles. The third-order valence-electron chi connectivity index (χ3n) is 2.75. The van der Waals surface area contributed by atoms with Gasteiger partial charge in [-0.15, -0.1) is 17.7 Å². The number of rotatable bonds is 3. The normalized spacial score (nSPS) is 10.7. The van der Waals surface area contributed by atoms with Gasteiger partial charge in [0.05, 0.1) is 6.42 Å². The van der Waals surface area contributed by atoms with Crippen LogP contribution in [-0.2, 0) is 11.2 Å². The summed E-state index contributed by atoms with van der Waals surface area (Å²) in [5.74, 6) is 0.0338. The minimum atomic E-state index is -1.52. The van der Waals surface area contributed by atoms with E-state index in [-0.39, 0.29) is 24.1 Å². The van der Waals surface area contributed by atoms with Gasteiger partial charge < -0.3 is 14.7 Å². The molecular weight excluding hydrogens is 298 g/mol. The molecule has 0 unspecified atom stereocenters. The molecule has 0 fully saturated rings. The van der Waals surface area contributed by atoms with E-state index in [1.54, 1.807) is 21.0 Å². The second-order valence-electron chi connectivity index (χ2n) is 4.44. The molecule has 112 valence electrons. The number of aryl methyl sites for hydroxylation is 1. The van der Waals surface area contributed by atoms with Gasteiger partial charge in [-0.2, -0.15) is 9.50 Å². The molecule has 0 aliphatic heterocycles. The third kappa shape index (κ3) is 3.05. The zero-order chi connectivity index (χ0) is 15.7. The Morgan fingerprint density at radius 2 is 2.05 bits per heavy atom. The van der Waals surface area contributed by atoms with Crippen molar-refractivity contribution in [1.29, 1.82) is 0 Å². The van der Waals surface area contributed by atoms with Crippen molar-refractivity contribution in [1.82, 2.24) is 24.5 Å². The number of ether oxygens (including phenoxy) is 1. The van der Waals surface area contributed by atoms with Gasteiger partial charge in [0.1, 0.15) is 5.03 Å². The third-order valence-corrected chi connectivity index (χ3v) is 3.21. The summed E-state index contributed by atoms with van der Waals surface area (Å²) in [5, 5.41) is 12.8. The lowest BCUT2D eigenvalue weighted by Crippen LogP contribution is -2.24. The van der Waals surface area contributed by atoms with Crippen molar-refractivity contribution in [2.45, 2.75) is 18.4 Å². The summed E-state index contributed by atoms with van der Waals surface area (Å²) in [6, 6.07) is -0.346. The summed E-state index contributed by atoms with van der Waals surface area (Å²) in [7, 11) is 3.30. The molecular formula is C11H13N5O4S. The van der Waals surface area contributed by atoms with Crippen LogP contribution in [0.15, 0.2) is 5.03 Å². The quantitative estimate of drug-likeness (QED) is 0.480. The highest BCUT2D eigenvalue weighted by molar-refractivity contribution is 7.80. The molecule has 2 heterocycles. The zero-order valence-corrected chi connectivity index (χ0v) is 12.5. The van der Waals surface area contributed by atoms with Crippen LogP contribution in [0.5, 0.6) is 6.01 Å². The molecule has 2 aromatic rings. The molecule has 0 saturated heterocycles. The summed E-state index contributed by atoms with van der Waals surface area (Å²) >= 11 is 4.33. The Bertz CT molecular complexity index is 727. The largest absolute Gasteiger partial charge is 0.513 e. The van der Waals surface area contributed by atoms with Crippen LogP contribution in [0, 0.1) is 6.92 Å². The molecule has 0 atom stereocenters. The highest BCUT2D eigenvalue weighted by atomic mass is 32.1.